The van der Waals surface area contributed by atoms with Crippen molar-refractivity contribution in [3.8, 4) is 11.1 Å². The number of aromatic carboxylic acids is 1. The Morgan fingerprint density at radius 2 is 2.33 bits per heavy atom. The van der Waals surface area contributed by atoms with Crippen molar-refractivity contribution in [1.29, 1.82) is 0 Å². The van der Waals surface area contributed by atoms with Crippen molar-refractivity contribution >= 4 is 22.3 Å². The molecule has 4 nitrogen and oxygen atoms in total. The number of carboxylic acid groups (broad SMARTS) is 1. The predicted molar refractivity (Wildman–Crippen MR) is 58.9 cm³/mol. The fraction of sp³-hybridized carbons (Fsp3) is 0. The minimum Gasteiger partial charge on any atom is -0.478 e. The molecule has 15 heavy (non-hydrogen) atoms. The van der Waals surface area contributed by atoms with Gasteiger partial charge in [0.15, 0.2) is 0 Å². The minimum absolute atomic E-state index is 0.160. The highest BCUT2D eigenvalue weighted by atomic mass is 32.1. The quantitative estimate of drug-likeness (QED) is 0.812. The zero-order valence-corrected chi connectivity index (χ0v) is 8.49. The molecule has 0 aliphatic heterocycles. The molecule has 0 bridgehead atoms. The molecule has 76 valence electrons. The molecule has 5 heteroatoms. The number of hydrogen-bond acceptors (Lipinski definition) is 4. The molecule has 2 heterocycles. The van der Waals surface area contributed by atoms with Gasteiger partial charge in [-0.05, 0) is 6.07 Å². The third kappa shape index (κ3) is 1.69. The van der Waals surface area contributed by atoms with E-state index in [-0.39, 0.29) is 5.56 Å². The first-order valence-electron chi connectivity index (χ1n) is 4.21. The molecule has 0 radical (unpaired) electrons. The Hall–Kier alpha value is -1.88. The monoisotopic (exact) mass is 220 g/mol. The van der Waals surface area contributed by atoms with Crippen LogP contribution in [0.2, 0.25) is 0 Å². The lowest BCUT2D eigenvalue weighted by Gasteiger charge is -1.99. The first-order chi connectivity index (χ1) is 7.20. The summed E-state index contributed by atoms with van der Waals surface area (Å²) in [7, 11) is 0. The summed E-state index contributed by atoms with van der Waals surface area (Å²) >= 11 is 1.22. The van der Waals surface area contributed by atoms with Gasteiger partial charge in [0, 0.05) is 28.9 Å². The lowest BCUT2D eigenvalue weighted by atomic mass is 10.1. The van der Waals surface area contributed by atoms with Gasteiger partial charge in [-0.3, -0.25) is 4.98 Å². The van der Waals surface area contributed by atoms with Gasteiger partial charge >= 0.3 is 5.97 Å². The number of thiophene rings is 1. The maximum Gasteiger partial charge on any atom is 0.339 e. The lowest BCUT2D eigenvalue weighted by Crippen LogP contribution is -2.00. The number of aromatic nitrogens is 1. The summed E-state index contributed by atoms with van der Waals surface area (Å²) in [6, 6.07) is 3.57. The maximum atomic E-state index is 11.0. The number of rotatable bonds is 2. The second kappa shape index (κ2) is 3.70. The Labute approximate surface area is 90.0 Å². The van der Waals surface area contributed by atoms with Crippen molar-refractivity contribution in [1.82, 2.24) is 4.98 Å². The Balaban J connectivity index is 2.59. The summed E-state index contributed by atoms with van der Waals surface area (Å²) in [5.74, 6) is -1.01. The number of nitrogen functional groups attached to an aromatic ring is 1. The van der Waals surface area contributed by atoms with Crippen LogP contribution in [0.5, 0.6) is 0 Å². The lowest BCUT2D eigenvalue weighted by molar-refractivity contribution is 0.0699. The van der Waals surface area contributed by atoms with E-state index in [1.807, 2.05) is 0 Å². The highest BCUT2D eigenvalue weighted by Gasteiger charge is 2.17. The fourth-order valence-electron chi connectivity index (χ4n) is 1.33. The van der Waals surface area contributed by atoms with Gasteiger partial charge in [0.25, 0.3) is 0 Å². The fourth-order valence-corrected chi connectivity index (χ4v) is 2.14. The van der Waals surface area contributed by atoms with Crippen molar-refractivity contribution < 1.29 is 9.90 Å². The number of anilines is 1. The molecule has 0 spiro atoms. The van der Waals surface area contributed by atoms with Crippen LogP contribution in [0.4, 0.5) is 5.00 Å². The molecule has 0 fully saturated rings. The maximum absolute atomic E-state index is 11.0. The summed E-state index contributed by atoms with van der Waals surface area (Å²) in [4.78, 5) is 14.9. The van der Waals surface area contributed by atoms with E-state index in [0.29, 0.717) is 10.6 Å². The number of nitrogens with two attached hydrogens (primary N) is 1. The number of carboxylic acids is 1. The third-order valence-corrected chi connectivity index (χ3v) is 2.82. The molecule has 3 N–H and O–H groups in total. The molecule has 2 aromatic rings. The van der Waals surface area contributed by atoms with Gasteiger partial charge < -0.3 is 10.8 Å². The Kier molecular flexibility index (Phi) is 2.39. The first-order valence-corrected chi connectivity index (χ1v) is 5.08. The van der Waals surface area contributed by atoms with Gasteiger partial charge in [-0.15, -0.1) is 11.3 Å². The van der Waals surface area contributed by atoms with Crippen LogP contribution < -0.4 is 5.73 Å². The summed E-state index contributed by atoms with van der Waals surface area (Å²) in [6.45, 7) is 0. The molecule has 2 rings (SSSR count). The smallest absolute Gasteiger partial charge is 0.339 e. The molecule has 0 aliphatic carbocycles. The second-order valence-corrected chi connectivity index (χ2v) is 3.85. The van der Waals surface area contributed by atoms with Crippen LogP contribution in [0, 0.1) is 0 Å². The Bertz CT molecular complexity index is 493. The van der Waals surface area contributed by atoms with Crippen LogP contribution >= 0.6 is 11.3 Å². The van der Waals surface area contributed by atoms with Crippen LogP contribution in [0.25, 0.3) is 11.1 Å². The highest BCUT2D eigenvalue weighted by molar-refractivity contribution is 7.14. The van der Waals surface area contributed by atoms with E-state index in [4.69, 9.17) is 10.8 Å². The molecule has 0 aromatic carbocycles. The second-order valence-electron chi connectivity index (χ2n) is 2.94. The zero-order chi connectivity index (χ0) is 10.8. The topological polar surface area (TPSA) is 76.2 Å². The Morgan fingerprint density at radius 1 is 1.53 bits per heavy atom. The van der Waals surface area contributed by atoms with Crippen LogP contribution in [0.1, 0.15) is 10.4 Å². The number of pyridine rings is 1. The zero-order valence-electron chi connectivity index (χ0n) is 7.68. The van der Waals surface area contributed by atoms with Gasteiger partial charge in [-0.2, -0.15) is 0 Å². The molecular formula is C10H8N2O2S. The summed E-state index contributed by atoms with van der Waals surface area (Å²) < 4.78 is 0. The van der Waals surface area contributed by atoms with Crippen molar-refractivity contribution in [3.05, 3.63) is 35.5 Å². The summed E-state index contributed by atoms with van der Waals surface area (Å²) in [5.41, 5.74) is 7.15. The largest absolute Gasteiger partial charge is 0.478 e. The first kappa shape index (κ1) is 9.67. The molecule has 0 saturated heterocycles. The van der Waals surface area contributed by atoms with Gasteiger partial charge in [0.1, 0.15) is 10.6 Å². The van der Waals surface area contributed by atoms with Crippen LogP contribution in [-0.4, -0.2) is 16.1 Å². The number of nitrogens with zero attached hydrogens (tertiary/aromatic N) is 1. The van der Waals surface area contributed by atoms with Crippen LogP contribution in [0.3, 0.4) is 0 Å². The standard InChI is InChI=1S/C10H8N2O2S/c11-9-8(10(13)14)7(5-15-9)6-2-1-3-12-4-6/h1-5H,11H2,(H,13,14). The SMILES string of the molecule is Nc1scc(-c2cccnc2)c1C(=O)O. The molecule has 0 amide bonds. The average molecular weight is 220 g/mol. The molecule has 0 saturated carbocycles. The van der Waals surface area contributed by atoms with Gasteiger partial charge in [0.05, 0.1) is 0 Å². The van der Waals surface area contributed by atoms with Gasteiger partial charge in [-0.1, -0.05) is 6.07 Å². The average Bonchev–Trinajstić information content (AvgIpc) is 2.61. The van der Waals surface area contributed by atoms with Gasteiger partial charge in [-0.25, -0.2) is 4.79 Å². The minimum atomic E-state index is -1.01. The van der Waals surface area contributed by atoms with E-state index in [1.54, 1.807) is 29.9 Å². The van der Waals surface area contributed by atoms with Crippen LogP contribution in [-0.2, 0) is 0 Å². The van der Waals surface area contributed by atoms with Crippen molar-refractivity contribution in [2.24, 2.45) is 0 Å². The van der Waals surface area contributed by atoms with E-state index in [1.165, 1.54) is 11.3 Å². The molecule has 2 aromatic heterocycles. The third-order valence-electron chi connectivity index (χ3n) is 2.01. The summed E-state index contributed by atoms with van der Waals surface area (Å²) in [6.07, 6.45) is 3.26. The van der Waals surface area contributed by atoms with E-state index in [0.717, 1.165) is 5.56 Å². The van der Waals surface area contributed by atoms with Crippen molar-refractivity contribution in [3.63, 3.8) is 0 Å². The molecule has 0 unspecified atom stereocenters. The molecular weight excluding hydrogens is 212 g/mol. The van der Waals surface area contributed by atoms with E-state index in [9.17, 15) is 4.79 Å². The molecule has 0 atom stereocenters. The Morgan fingerprint density at radius 3 is 2.93 bits per heavy atom. The molecule has 0 aliphatic rings. The summed E-state index contributed by atoms with van der Waals surface area (Å²) in [5, 5.41) is 11.1. The van der Waals surface area contributed by atoms with Crippen molar-refractivity contribution in [2.45, 2.75) is 0 Å². The van der Waals surface area contributed by atoms with E-state index >= 15 is 0 Å². The number of hydrogen-bond donors (Lipinski definition) is 2. The number of carbonyl (C=O) groups is 1. The normalized spacial score (nSPS) is 10.1. The van der Waals surface area contributed by atoms with E-state index < -0.39 is 5.97 Å². The van der Waals surface area contributed by atoms with Gasteiger partial charge in [0.2, 0.25) is 0 Å². The van der Waals surface area contributed by atoms with E-state index in [2.05, 4.69) is 4.98 Å². The predicted octanol–water partition coefficient (Wildman–Crippen LogP) is 2.09. The van der Waals surface area contributed by atoms with Crippen LogP contribution in [0.15, 0.2) is 29.9 Å². The van der Waals surface area contributed by atoms with Crippen molar-refractivity contribution in [2.75, 3.05) is 5.73 Å². The highest BCUT2D eigenvalue weighted by Crippen LogP contribution is 2.32.